The van der Waals surface area contributed by atoms with Crippen molar-refractivity contribution in [3.05, 3.63) is 46.7 Å². The van der Waals surface area contributed by atoms with Crippen LogP contribution in [0.4, 0.5) is 10.6 Å². The molecule has 8 heteroatoms. The van der Waals surface area contributed by atoms with Gasteiger partial charge in [0.1, 0.15) is 17.8 Å². The first-order chi connectivity index (χ1) is 12.9. The monoisotopic (exact) mass is 368 g/mol. The third-order valence-electron chi connectivity index (χ3n) is 5.15. The van der Waals surface area contributed by atoms with Gasteiger partial charge in [-0.15, -0.1) is 0 Å². The summed E-state index contributed by atoms with van der Waals surface area (Å²) < 4.78 is 4.88. The van der Waals surface area contributed by atoms with Crippen molar-refractivity contribution in [1.82, 2.24) is 15.4 Å². The van der Waals surface area contributed by atoms with E-state index in [-0.39, 0.29) is 5.82 Å². The second kappa shape index (κ2) is 6.22. The fraction of sp³-hybridized carbons (Fsp3) is 0.368. The first kappa shape index (κ1) is 17.3. The number of anilines is 1. The Kier molecular flexibility index (Phi) is 3.98. The summed E-state index contributed by atoms with van der Waals surface area (Å²) >= 11 is 0. The number of nitrogens with one attached hydrogen (secondary N) is 2. The smallest absolute Gasteiger partial charge is 0.325 e. The fourth-order valence-corrected chi connectivity index (χ4v) is 3.67. The van der Waals surface area contributed by atoms with Crippen molar-refractivity contribution in [3.8, 4) is 0 Å². The van der Waals surface area contributed by atoms with Gasteiger partial charge in [0.25, 0.3) is 5.91 Å². The molecule has 0 saturated carbocycles. The van der Waals surface area contributed by atoms with Gasteiger partial charge in [-0.1, -0.05) is 23.4 Å². The molecule has 8 nitrogen and oxygen atoms in total. The third-order valence-corrected chi connectivity index (χ3v) is 5.15. The van der Waals surface area contributed by atoms with Crippen molar-refractivity contribution in [1.29, 1.82) is 0 Å². The van der Waals surface area contributed by atoms with Crippen LogP contribution in [0.2, 0.25) is 0 Å². The molecule has 0 radical (unpaired) electrons. The molecule has 1 aliphatic carbocycles. The van der Waals surface area contributed by atoms with Gasteiger partial charge in [-0.25, -0.2) is 4.79 Å². The number of amides is 4. The number of rotatable bonds is 4. The quantitative estimate of drug-likeness (QED) is 0.802. The van der Waals surface area contributed by atoms with Crippen molar-refractivity contribution in [2.24, 2.45) is 0 Å². The number of imide groups is 1. The molecule has 1 saturated heterocycles. The van der Waals surface area contributed by atoms with Gasteiger partial charge in [-0.05, 0) is 49.8 Å². The SMILES string of the molecule is Cc1cc(NC(=O)CN2C(=O)N[C@](C)(c3ccc4c(c3)CCC4)C2=O)no1. The van der Waals surface area contributed by atoms with Crippen molar-refractivity contribution in [2.75, 3.05) is 11.9 Å². The zero-order valence-corrected chi connectivity index (χ0v) is 15.2. The average molecular weight is 368 g/mol. The summed E-state index contributed by atoms with van der Waals surface area (Å²) in [5.74, 6) is -0.183. The number of hydrogen-bond acceptors (Lipinski definition) is 5. The lowest BCUT2D eigenvalue weighted by molar-refractivity contribution is -0.133. The largest absolute Gasteiger partial charge is 0.360 e. The molecule has 1 aromatic heterocycles. The molecule has 0 unspecified atom stereocenters. The Balaban J connectivity index is 1.52. The number of carbonyl (C=O) groups is 3. The highest BCUT2D eigenvalue weighted by atomic mass is 16.5. The van der Waals surface area contributed by atoms with Crippen LogP contribution in [0.15, 0.2) is 28.8 Å². The summed E-state index contributed by atoms with van der Waals surface area (Å²) in [7, 11) is 0. The minimum atomic E-state index is -1.18. The molecule has 1 aliphatic heterocycles. The highest BCUT2D eigenvalue weighted by Gasteiger charge is 2.49. The number of aryl methyl sites for hydroxylation is 3. The van der Waals surface area contributed by atoms with E-state index in [1.807, 2.05) is 18.2 Å². The van der Waals surface area contributed by atoms with E-state index in [2.05, 4.69) is 15.8 Å². The van der Waals surface area contributed by atoms with E-state index < -0.39 is 29.9 Å². The van der Waals surface area contributed by atoms with E-state index >= 15 is 0 Å². The van der Waals surface area contributed by atoms with Gasteiger partial charge in [-0.3, -0.25) is 14.5 Å². The fourth-order valence-electron chi connectivity index (χ4n) is 3.67. The molecule has 1 aromatic carbocycles. The van der Waals surface area contributed by atoms with Crippen molar-refractivity contribution in [3.63, 3.8) is 0 Å². The predicted octanol–water partition coefficient (Wildman–Crippen LogP) is 1.88. The summed E-state index contributed by atoms with van der Waals surface area (Å²) in [6.07, 6.45) is 3.12. The second-order valence-corrected chi connectivity index (χ2v) is 7.15. The van der Waals surface area contributed by atoms with Crippen LogP contribution in [-0.4, -0.2) is 34.4 Å². The number of urea groups is 1. The number of fused-ring (bicyclic) bond motifs is 1. The molecule has 2 aromatic rings. The van der Waals surface area contributed by atoms with Gasteiger partial charge in [0.2, 0.25) is 5.91 Å². The van der Waals surface area contributed by atoms with E-state index in [1.54, 1.807) is 19.9 Å². The molecule has 27 heavy (non-hydrogen) atoms. The lowest BCUT2D eigenvalue weighted by atomic mass is 9.89. The highest BCUT2D eigenvalue weighted by molar-refractivity contribution is 6.10. The minimum absolute atomic E-state index is 0.242. The summed E-state index contributed by atoms with van der Waals surface area (Å²) in [5, 5.41) is 8.92. The van der Waals surface area contributed by atoms with Crippen LogP contribution >= 0.6 is 0 Å². The maximum absolute atomic E-state index is 13.0. The lowest BCUT2D eigenvalue weighted by Gasteiger charge is -2.23. The summed E-state index contributed by atoms with van der Waals surface area (Å²) in [4.78, 5) is 38.5. The summed E-state index contributed by atoms with van der Waals surface area (Å²) in [6.45, 7) is 2.97. The molecular formula is C19H20N4O4. The average Bonchev–Trinajstić information content (AvgIpc) is 3.30. The summed E-state index contributed by atoms with van der Waals surface area (Å²) in [6, 6.07) is 6.85. The molecule has 0 spiro atoms. The third kappa shape index (κ3) is 2.97. The van der Waals surface area contributed by atoms with Crippen LogP contribution in [0.1, 0.15) is 35.8 Å². The standard InChI is InChI=1S/C19H20N4O4/c1-11-8-15(22-27-11)20-16(24)10-23-17(25)19(2,21-18(23)26)14-7-6-12-4-3-5-13(12)9-14/h6-9H,3-5,10H2,1-2H3,(H,21,26)(H,20,22,24)/t19-/m1/s1. The number of carbonyl (C=O) groups excluding carboxylic acids is 3. The molecule has 2 N–H and O–H groups in total. The topological polar surface area (TPSA) is 105 Å². The molecule has 2 heterocycles. The molecule has 0 bridgehead atoms. The maximum Gasteiger partial charge on any atom is 0.325 e. The van der Waals surface area contributed by atoms with Crippen molar-refractivity contribution >= 4 is 23.7 Å². The molecule has 4 amide bonds. The van der Waals surface area contributed by atoms with Gasteiger partial charge in [0.15, 0.2) is 5.82 Å². The maximum atomic E-state index is 13.0. The van der Waals surface area contributed by atoms with Crippen molar-refractivity contribution in [2.45, 2.75) is 38.6 Å². The number of nitrogens with zero attached hydrogens (tertiary/aromatic N) is 2. The molecule has 140 valence electrons. The van der Waals surface area contributed by atoms with E-state index in [1.165, 1.54) is 11.1 Å². The van der Waals surface area contributed by atoms with Crippen LogP contribution in [0, 0.1) is 6.92 Å². The van der Waals surface area contributed by atoms with Gasteiger partial charge in [0.05, 0.1) is 0 Å². The molecular weight excluding hydrogens is 348 g/mol. The highest BCUT2D eigenvalue weighted by Crippen LogP contribution is 2.32. The summed E-state index contributed by atoms with van der Waals surface area (Å²) in [5.41, 5.74) is 2.06. The van der Waals surface area contributed by atoms with E-state index in [9.17, 15) is 14.4 Å². The van der Waals surface area contributed by atoms with Crippen LogP contribution in [0.5, 0.6) is 0 Å². The normalized spacial score (nSPS) is 21.3. The zero-order chi connectivity index (χ0) is 19.2. The van der Waals surface area contributed by atoms with Crippen LogP contribution in [0.25, 0.3) is 0 Å². The van der Waals surface area contributed by atoms with E-state index in [0.29, 0.717) is 5.76 Å². The lowest BCUT2D eigenvalue weighted by Crippen LogP contribution is -2.42. The minimum Gasteiger partial charge on any atom is -0.360 e. The zero-order valence-electron chi connectivity index (χ0n) is 15.2. The number of hydrogen-bond donors (Lipinski definition) is 2. The second-order valence-electron chi connectivity index (χ2n) is 7.15. The first-order valence-corrected chi connectivity index (χ1v) is 8.86. The van der Waals surface area contributed by atoms with Gasteiger partial charge in [-0.2, -0.15) is 0 Å². The van der Waals surface area contributed by atoms with Crippen LogP contribution < -0.4 is 10.6 Å². The molecule has 1 atom stereocenters. The Bertz CT molecular complexity index is 951. The van der Waals surface area contributed by atoms with Crippen LogP contribution in [0.3, 0.4) is 0 Å². The Hall–Kier alpha value is -3.16. The molecule has 2 aliphatic rings. The Morgan fingerprint density at radius 1 is 1.30 bits per heavy atom. The number of benzene rings is 1. The Morgan fingerprint density at radius 3 is 2.81 bits per heavy atom. The van der Waals surface area contributed by atoms with Crippen LogP contribution in [-0.2, 0) is 28.0 Å². The Labute approximate surface area is 155 Å². The van der Waals surface area contributed by atoms with Gasteiger partial charge in [0, 0.05) is 6.07 Å². The predicted molar refractivity (Wildman–Crippen MR) is 95.9 cm³/mol. The molecule has 1 fully saturated rings. The number of aromatic nitrogens is 1. The Morgan fingerprint density at radius 2 is 2.07 bits per heavy atom. The van der Waals surface area contributed by atoms with Crippen molar-refractivity contribution < 1.29 is 18.9 Å². The first-order valence-electron chi connectivity index (χ1n) is 8.86. The van der Waals surface area contributed by atoms with E-state index in [4.69, 9.17) is 4.52 Å². The van der Waals surface area contributed by atoms with E-state index in [0.717, 1.165) is 29.7 Å². The van der Waals surface area contributed by atoms with Gasteiger partial charge >= 0.3 is 6.03 Å². The van der Waals surface area contributed by atoms with Gasteiger partial charge < -0.3 is 15.2 Å². The molecule has 4 rings (SSSR count).